The zero-order valence-corrected chi connectivity index (χ0v) is 22.5. The standard InChI is InChI=1S/C23H45NO8S/c1-10-22(8,19(27)32-17(3)12-21(6,7)28)14-23(9,18(25)26)11-16(2)13-24-20(4,5)15-33(29,30)31/h16-17,24,28H,10-15H2,1-9H3,(H,25,26)(H,29,30,31). The van der Waals surface area contributed by atoms with E-state index < -0.39 is 55.9 Å². The Kier molecular flexibility index (Phi) is 11.0. The van der Waals surface area contributed by atoms with Crippen LogP contribution < -0.4 is 5.32 Å². The second kappa shape index (κ2) is 11.5. The van der Waals surface area contributed by atoms with Crippen LogP contribution in [0.3, 0.4) is 0 Å². The maximum atomic E-state index is 13.0. The van der Waals surface area contributed by atoms with Crippen molar-refractivity contribution in [2.45, 2.75) is 105 Å². The van der Waals surface area contributed by atoms with Gasteiger partial charge in [0.15, 0.2) is 0 Å². The lowest BCUT2D eigenvalue weighted by molar-refractivity contribution is -0.167. The highest BCUT2D eigenvalue weighted by Crippen LogP contribution is 2.42. The molecule has 4 unspecified atom stereocenters. The molecule has 0 aromatic rings. The summed E-state index contributed by atoms with van der Waals surface area (Å²) in [7, 11) is -4.16. The molecule has 0 aliphatic rings. The van der Waals surface area contributed by atoms with Crippen molar-refractivity contribution in [3.05, 3.63) is 0 Å². The van der Waals surface area contributed by atoms with Crippen LogP contribution in [0.2, 0.25) is 0 Å². The predicted molar refractivity (Wildman–Crippen MR) is 128 cm³/mol. The Balaban J connectivity index is 5.38. The predicted octanol–water partition coefficient (Wildman–Crippen LogP) is 3.26. The van der Waals surface area contributed by atoms with Crippen LogP contribution in [0.4, 0.5) is 0 Å². The molecule has 33 heavy (non-hydrogen) atoms. The summed E-state index contributed by atoms with van der Waals surface area (Å²) in [6.07, 6.45) is 0.444. The zero-order chi connectivity index (χ0) is 26.5. The lowest BCUT2D eigenvalue weighted by atomic mass is 9.68. The van der Waals surface area contributed by atoms with E-state index >= 15 is 0 Å². The number of ether oxygens (including phenoxy) is 1. The van der Waals surface area contributed by atoms with Crippen LogP contribution >= 0.6 is 0 Å². The molecule has 0 aliphatic heterocycles. The fourth-order valence-corrected chi connectivity index (χ4v) is 5.32. The van der Waals surface area contributed by atoms with E-state index in [1.54, 1.807) is 48.5 Å². The molecule has 4 atom stereocenters. The molecule has 0 saturated carbocycles. The Bertz CT molecular complexity index is 774. The van der Waals surface area contributed by atoms with Crippen LogP contribution in [0, 0.1) is 16.7 Å². The van der Waals surface area contributed by atoms with E-state index in [9.17, 15) is 28.2 Å². The molecular formula is C23H45NO8S. The van der Waals surface area contributed by atoms with Crippen molar-refractivity contribution < 1.29 is 37.5 Å². The van der Waals surface area contributed by atoms with E-state index in [1.165, 1.54) is 0 Å². The van der Waals surface area contributed by atoms with Crippen LogP contribution in [-0.2, 0) is 24.4 Å². The number of hydrogen-bond donors (Lipinski definition) is 4. The van der Waals surface area contributed by atoms with Gasteiger partial charge in [0.2, 0.25) is 0 Å². The highest BCUT2D eigenvalue weighted by atomic mass is 32.2. The normalized spacial score (nSPS) is 18.6. The van der Waals surface area contributed by atoms with Gasteiger partial charge in [0.05, 0.1) is 22.2 Å². The largest absolute Gasteiger partial charge is 0.481 e. The third-order valence-electron chi connectivity index (χ3n) is 5.94. The minimum Gasteiger partial charge on any atom is -0.481 e. The lowest BCUT2D eigenvalue weighted by Crippen LogP contribution is -2.48. The van der Waals surface area contributed by atoms with Gasteiger partial charge in [0.1, 0.15) is 6.10 Å². The molecule has 0 spiro atoms. The van der Waals surface area contributed by atoms with Gasteiger partial charge in [-0.15, -0.1) is 0 Å². The van der Waals surface area contributed by atoms with Crippen molar-refractivity contribution >= 4 is 22.1 Å². The van der Waals surface area contributed by atoms with Gasteiger partial charge in [-0.3, -0.25) is 14.1 Å². The molecule has 196 valence electrons. The topological polar surface area (TPSA) is 150 Å². The van der Waals surface area contributed by atoms with Gasteiger partial charge in [-0.25, -0.2) is 0 Å². The summed E-state index contributed by atoms with van der Waals surface area (Å²) in [5, 5.41) is 23.1. The summed E-state index contributed by atoms with van der Waals surface area (Å²) in [6.45, 7) is 15.5. The number of rotatable bonds is 15. The first-order valence-corrected chi connectivity index (χ1v) is 13.0. The number of hydrogen-bond acceptors (Lipinski definition) is 7. The molecule has 0 radical (unpaired) electrons. The Hall–Kier alpha value is -1.23. The van der Waals surface area contributed by atoms with Gasteiger partial charge in [0, 0.05) is 12.0 Å². The van der Waals surface area contributed by atoms with Gasteiger partial charge >= 0.3 is 11.9 Å². The maximum absolute atomic E-state index is 13.0. The molecule has 0 saturated heterocycles. The van der Waals surface area contributed by atoms with Crippen LogP contribution in [0.1, 0.15) is 88.0 Å². The Labute approximate surface area is 199 Å². The van der Waals surface area contributed by atoms with Crippen LogP contribution in [0.15, 0.2) is 0 Å². The van der Waals surface area contributed by atoms with Gasteiger partial charge in [-0.05, 0) is 80.2 Å². The van der Waals surface area contributed by atoms with Crippen LogP contribution in [-0.4, -0.2) is 64.7 Å². The molecule has 0 amide bonds. The fourth-order valence-electron chi connectivity index (χ4n) is 4.31. The van der Waals surface area contributed by atoms with E-state index in [1.807, 2.05) is 13.8 Å². The number of carbonyl (C=O) groups excluding carboxylic acids is 1. The lowest BCUT2D eigenvalue weighted by Gasteiger charge is -2.37. The average molecular weight is 496 g/mol. The molecule has 0 aromatic heterocycles. The second-order valence-corrected chi connectivity index (χ2v) is 12.9. The second-order valence-electron chi connectivity index (χ2n) is 11.5. The molecular weight excluding hydrogens is 450 g/mol. The summed E-state index contributed by atoms with van der Waals surface area (Å²) in [5.74, 6) is -2.14. The van der Waals surface area contributed by atoms with E-state index in [2.05, 4.69) is 5.32 Å². The molecule has 0 aromatic carbocycles. The van der Waals surface area contributed by atoms with E-state index in [4.69, 9.17) is 9.29 Å². The van der Waals surface area contributed by atoms with E-state index in [-0.39, 0.29) is 25.2 Å². The molecule has 0 rings (SSSR count). The SMILES string of the molecule is CCC(C)(CC(C)(CC(C)CNC(C)(C)CS(=O)(=O)O)C(=O)O)C(=O)OC(C)CC(C)(C)O. The minimum absolute atomic E-state index is 0.0681. The average Bonchev–Trinajstić information content (AvgIpc) is 2.55. The highest BCUT2D eigenvalue weighted by Gasteiger charge is 2.46. The Morgan fingerprint density at radius 3 is 1.91 bits per heavy atom. The Morgan fingerprint density at radius 1 is 1.00 bits per heavy atom. The van der Waals surface area contributed by atoms with Gasteiger partial charge in [0.25, 0.3) is 10.1 Å². The quantitative estimate of drug-likeness (QED) is 0.198. The summed E-state index contributed by atoms with van der Waals surface area (Å²) in [5.41, 5.74) is -4.14. The van der Waals surface area contributed by atoms with E-state index in [0.717, 1.165) is 0 Å². The Morgan fingerprint density at radius 2 is 1.52 bits per heavy atom. The smallest absolute Gasteiger partial charge is 0.312 e. The first-order chi connectivity index (χ1) is 14.5. The molecule has 0 fully saturated rings. The van der Waals surface area contributed by atoms with Crippen LogP contribution in [0.25, 0.3) is 0 Å². The minimum atomic E-state index is -4.16. The highest BCUT2D eigenvalue weighted by molar-refractivity contribution is 7.85. The number of carbonyl (C=O) groups is 2. The molecule has 9 nitrogen and oxygen atoms in total. The number of nitrogens with one attached hydrogen (secondary N) is 1. The van der Waals surface area contributed by atoms with Gasteiger partial charge < -0.3 is 20.3 Å². The summed E-state index contributed by atoms with van der Waals surface area (Å²) >= 11 is 0. The fraction of sp³-hybridized carbons (Fsp3) is 0.913. The number of carboxylic acid groups (broad SMARTS) is 1. The number of carboxylic acids is 1. The van der Waals surface area contributed by atoms with Gasteiger partial charge in [-0.2, -0.15) is 8.42 Å². The van der Waals surface area contributed by atoms with Crippen molar-refractivity contribution in [1.82, 2.24) is 5.32 Å². The van der Waals surface area contributed by atoms with Crippen molar-refractivity contribution in [2.24, 2.45) is 16.7 Å². The number of esters is 1. The molecule has 4 N–H and O–H groups in total. The third-order valence-corrected chi connectivity index (χ3v) is 7.02. The van der Waals surface area contributed by atoms with E-state index in [0.29, 0.717) is 13.0 Å². The third kappa shape index (κ3) is 12.2. The van der Waals surface area contributed by atoms with Gasteiger partial charge in [-0.1, -0.05) is 13.8 Å². The van der Waals surface area contributed by atoms with Crippen molar-refractivity contribution in [3.63, 3.8) is 0 Å². The number of aliphatic hydroxyl groups is 1. The van der Waals surface area contributed by atoms with Crippen molar-refractivity contribution in [3.8, 4) is 0 Å². The summed E-state index contributed by atoms with van der Waals surface area (Å²) < 4.78 is 37.1. The van der Waals surface area contributed by atoms with Crippen molar-refractivity contribution in [1.29, 1.82) is 0 Å². The molecule has 0 aliphatic carbocycles. The van der Waals surface area contributed by atoms with Crippen molar-refractivity contribution in [2.75, 3.05) is 12.3 Å². The first-order valence-electron chi connectivity index (χ1n) is 11.4. The van der Waals surface area contributed by atoms with Crippen LogP contribution in [0.5, 0.6) is 0 Å². The molecule has 0 heterocycles. The number of aliphatic carboxylic acids is 1. The molecule has 0 bridgehead atoms. The first kappa shape index (κ1) is 31.8. The summed E-state index contributed by atoms with van der Waals surface area (Å²) in [6, 6.07) is 0. The zero-order valence-electron chi connectivity index (χ0n) is 21.7. The monoisotopic (exact) mass is 495 g/mol. The molecule has 10 heteroatoms. The maximum Gasteiger partial charge on any atom is 0.312 e. The summed E-state index contributed by atoms with van der Waals surface area (Å²) in [4.78, 5) is 25.2.